The van der Waals surface area contributed by atoms with Gasteiger partial charge in [-0.3, -0.25) is 4.90 Å². The molecule has 1 atom stereocenters. The molecule has 2 fully saturated rings. The van der Waals surface area contributed by atoms with Gasteiger partial charge in [-0.05, 0) is 55.1 Å². The number of nitrogens with zero attached hydrogens (tertiary/aromatic N) is 1. The third-order valence-electron chi connectivity index (χ3n) is 4.71. The molecule has 5 heteroatoms. The van der Waals surface area contributed by atoms with Crippen LogP contribution < -0.4 is 5.32 Å². The number of ether oxygens (including phenoxy) is 1. The van der Waals surface area contributed by atoms with E-state index in [-0.39, 0.29) is 5.97 Å². The molecule has 3 rings (SSSR count). The molecule has 0 aliphatic carbocycles. The lowest BCUT2D eigenvalue weighted by molar-refractivity contribution is 0.0600. The Labute approximate surface area is 130 Å². The van der Waals surface area contributed by atoms with Gasteiger partial charge in [0.1, 0.15) is 0 Å². The van der Waals surface area contributed by atoms with Crippen LogP contribution in [-0.4, -0.2) is 44.2 Å². The monoisotopic (exact) mass is 308 g/mol. The molecule has 0 saturated carbocycles. The van der Waals surface area contributed by atoms with Crippen molar-refractivity contribution in [2.45, 2.75) is 19.4 Å². The predicted octanol–water partition coefficient (Wildman–Crippen LogP) is 2.31. The third-order valence-corrected chi connectivity index (χ3v) is 5.08. The highest BCUT2D eigenvalue weighted by Gasteiger charge is 2.40. The minimum atomic E-state index is -0.314. The number of hydrogen-bond acceptors (Lipinski definition) is 4. The number of rotatable bonds is 3. The van der Waals surface area contributed by atoms with Crippen LogP contribution in [0.25, 0.3) is 0 Å². The molecule has 2 saturated heterocycles. The molecule has 114 valence electrons. The Kier molecular flexibility index (Phi) is 4.20. The highest BCUT2D eigenvalue weighted by Crippen LogP contribution is 2.37. The topological polar surface area (TPSA) is 41.6 Å². The van der Waals surface area contributed by atoms with E-state index < -0.39 is 0 Å². The molecule has 0 amide bonds. The molecular weight excluding hydrogens is 288 g/mol. The Morgan fingerprint density at radius 1 is 1.48 bits per heavy atom. The second kappa shape index (κ2) is 5.95. The lowest BCUT2D eigenvalue weighted by Crippen LogP contribution is -2.29. The summed E-state index contributed by atoms with van der Waals surface area (Å²) in [5.74, 6) is -0.314. The maximum Gasteiger partial charge on any atom is 0.337 e. The molecule has 21 heavy (non-hydrogen) atoms. The first-order chi connectivity index (χ1) is 10.1. The Morgan fingerprint density at radius 3 is 3.05 bits per heavy atom. The van der Waals surface area contributed by atoms with Crippen LogP contribution in [0.15, 0.2) is 18.2 Å². The quantitative estimate of drug-likeness (QED) is 0.870. The number of carbonyl (C=O) groups is 1. The summed E-state index contributed by atoms with van der Waals surface area (Å²) in [6.45, 7) is 5.26. The van der Waals surface area contributed by atoms with E-state index in [2.05, 4.69) is 10.2 Å². The van der Waals surface area contributed by atoms with Crippen LogP contribution in [0.1, 0.15) is 28.8 Å². The lowest BCUT2D eigenvalue weighted by atomic mass is 9.86. The SMILES string of the molecule is COC(=O)c1ccc(Cl)c(CN2CCC3(CCNC3)C2)c1. The molecule has 1 N–H and O–H groups in total. The first-order valence-electron chi connectivity index (χ1n) is 7.42. The highest BCUT2D eigenvalue weighted by molar-refractivity contribution is 6.31. The third kappa shape index (κ3) is 3.07. The fraction of sp³-hybridized carbons (Fsp3) is 0.562. The predicted molar refractivity (Wildman–Crippen MR) is 82.6 cm³/mol. The van der Waals surface area contributed by atoms with Crippen molar-refractivity contribution < 1.29 is 9.53 Å². The summed E-state index contributed by atoms with van der Waals surface area (Å²) in [5, 5.41) is 4.18. The van der Waals surface area contributed by atoms with Gasteiger partial charge in [0.05, 0.1) is 12.7 Å². The second-order valence-electron chi connectivity index (χ2n) is 6.19. The maximum absolute atomic E-state index is 11.6. The van der Waals surface area contributed by atoms with E-state index in [4.69, 9.17) is 16.3 Å². The zero-order valence-corrected chi connectivity index (χ0v) is 13.1. The van der Waals surface area contributed by atoms with Gasteiger partial charge in [0.2, 0.25) is 0 Å². The van der Waals surface area contributed by atoms with E-state index in [9.17, 15) is 4.79 Å². The van der Waals surface area contributed by atoms with Crippen molar-refractivity contribution in [3.05, 3.63) is 34.3 Å². The molecule has 1 unspecified atom stereocenters. The molecule has 4 nitrogen and oxygen atoms in total. The van der Waals surface area contributed by atoms with Crippen LogP contribution in [0, 0.1) is 5.41 Å². The molecular formula is C16H21ClN2O2. The van der Waals surface area contributed by atoms with Crippen LogP contribution in [0.5, 0.6) is 0 Å². The fourth-order valence-corrected chi connectivity index (χ4v) is 3.67. The Bertz CT molecular complexity index is 541. The van der Waals surface area contributed by atoms with Crippen LogP contribution in [0.4, 0.5) is 0 Å². The van der Waals surface area contributed by atoms with E-state index in [1.165, 1.54) is 20.0 Å². The Morgan fingerprint density at radius 2 is 2.33 bits per heavy atom. The van der Waals surface area contributed by atoms with Gasteiger partial charge in [-0.2, -0.15) is 0 Å². The number of carbonyl (C=O) groups excluding carboxylic acids is 1. The van der Waals surface area contributed by atoms with Crippen molar-refractivity contribution in [3.8, 4) is 0 Å². The Balaban J connectivity index is 1.71. The summed E-state index contributed by atoms with van der Waals surface area (Å²) >= 11 is 6.28. The van der Waals surface area contributed by atoms with Gasteiger partial charge < -0.3 is 10.1 Å². The van der Waals surface area contributed by atoms with Gasteiger partial charge in [-0.1, -0.05) is 11.6 Å². The van der Waals surface area contributed by atoms with Crippen LogP contribution >= 0.6 is 11.6 Å². The zero-order chi connectivity index (χ0) is 14.9. The van der Waals surface area contributed by atoms with Crippen LogP contribution in [0.2, 0.25) is 5.02 Å². The summed E-state index contributed by atoms with van der Waals surface area (Å²) in [6.07, 6.45) is 2.51. The average molecular weight is 309 g/mol. The van der Waals surface area contributed by atoms with Crippen LogP contribution in [0.3, 0.4) is 0 Å². The summed E-state index contributed by atoms with van der Waals surface area (Å²) in [6, 6.07) is 5.35. The smallest absolute Gasteiger partial charge is 0.337 e. The van der Waals surface area contributed by atoms with E-state index in [0.29, 0.717) is 16.0 Å². The molecule has 2 aliphatic heterocycles. The van der Waals surface area contributed by atoms with Crippen LogP contribution in [-0.2, 0) is 11.3 Å². The molecule has 0 bridgehead atoms. The number of benzene rings is 1. The largest absolute Gasteiger partial charge is 0.465 e. The summed E-state index contributed by atoms with van der Waals surface area (Å²) in [7, 11) is 1.40. The normalized spacial score (nSPS) is 25.6. The molecule has 2 aliphatic rings. The fourth-order valence-electron chi connectivity index (χ4n) is 3.49. The van der Waals surface area contributed by atoms with E-state index in [1.54, 1.807) is 12.1 Å². The number of halogens is 1. The van der Waals surface area contributed by atoms with Gasteiger partial charge in [0, 0.05) is 24.7 Å². The molecule has 0 aromatic heterocycles. The zero-order valence-electron chi connectivity index (χ0n) is 12.3. The van der Waals surface area contributed by atoms with Crippen molar-refractivity contribution in [1.82, 2.24) is 10.2 Å². The second-order valence-corrected chi connectivity index (χ2v) is 6.59. The van der Waals surface area contributed by atoms with Crippen molar-refractivity contribution in [2.24, 2.45) is 5.41 Å². The standard InChI is InChI=1S/C16H21ClN2O2/c1-21-15(20)12-2-3-14(17)13(8-12)9-19-7-5-16(11-19)4-6-18-10-16/h2-3,8,18H,4-7,9-11H2,1H3. The van der Waals surface area contributed by atoms with E-state index in [0.717, 1.165) is 38.3 Å². The molecule has 1 spiro atoms. The van der Waals surface area contributed by atoms with Gasteiger partial charge >= 0.3 is 5.97 Å². The maximum atomic E-state index is 11.6. The Hall–Kier alpha value is -1.10. The van der Waals surface area contributed by atoms with Crippen molar-refractivity contribution in [3.63, 3.8) is 0 Å². The molecule has 1 aromatic rings. The molecule has 2 heterocycles. The molecule has 0 radical (unpaired) electrons. The average Bonchev–Trinajstić information content (AvgIpc) is 3.11. The van der Waals surface area contributed by atoms with Gasteiger partial charge in [-0.15, -0.1) is 0 Å². The van der Waals surface area contributed by atoms with Crippen molar-refractivity contribution in [1.29, 1.82) is 0 Å². The number of likely N-dealkylation sites (tertiary alicyclic amines) is 1. The molecule has 1 aromatic carbocycles. The summed E-state index contributed by atoms with van der Waals surface area (Å²) in [5.41, 5.74) is 2.02. The van der Waals surface area contributed by atoms with Gasteiger partial charge in [0.15, 0.2) is 0 Å². The summed E-state index contributed by atoms with van der Waals surface area (Å²) < 4.78 is 4.77. The van der Waals surface area contributed by atoms with Gasteiger partial charge in [0.25, 0.3) is 0 Å². The van der Waals surface area contributed by atoms with Crippen molar-refractivity contribution >= 4 is 17.6 Å². The number of nitrogens with one attached hydrogen (secondary N) is 1. The number of methoxy groups -OCH3 is 1. The number of hydrogen-bond donors (Lipinski definition) is 1. The first-order valence-corrected chi connectivity index (χ1v) is 7.80. The highest BCUT2D eigenvalue weighted by atomic mass is 35.5. The first kappa shape index (κ1) is 14.8. The van der Waals surface area contributed by atoms with E-state index in [1.807, 2.05) is 6.07 Å². The van der Waals surface area contributed by atoms with Crippen molar-refractivity contribution in [2.75, 3.05) is 33.3 Å². The minimum absolute atomic E-state index is 0.314. The lowest BCUT2D eigenvalue weighted by Gasteiger charge is -2.23. The van der Waals surface area contributed by atoms with Gasteiger partial charge in [-0.25, -0.2) is 4.79 Å². The minimum Gasteiger partial charge on any atom is -0.465 e. The number of esters is 1. The van der Waals surface area contributed by atoms with E-state index >= 15 is 0 Å². The summed E-state index contributed by atoms with van der Waals surface area (Å²) in [4.78, 5) is 14.1.